The number of piperazine rings is 1. The van der Waals surface area contributed by atoms with E-state index in [-0.39, 0.29) is 63.3 Å². The number of fused-ring (bicyclic) bond motifs is 3. The summed E-state index contributed by atoms with van der Waals surface area (Å²) in [5.41, 5.74) is 1.37. The Bertz CT molecular complexity index is 1990. The number of halogens is 2. The molecule has 6 rings (SSSR count). The molecule has 59 heavy (non-hydrogen) atoms. The smallest absolute Gasteiger partial charge is 0.329 e. The van der Waals surface area contributed by atoms with E-state index in [9.17, 15) is 38.0 Å². The van der Waals surface area contributed by atoms with Gasteiger partial charge in [0.1, 0.15) is 48.2 Å². The first-order chi connectivity index (χ1) is 28.0. The predicted octanol–water partition coefficient (Wildman–Crippen LogP) is 1.36. The minimum Gasteiger partial charge on any atom is -0.458 e. The van der Waals surface area contributed by atoms with E-state index in [1.807, 2.05) is 18.9 Å². The van der Waals surface area contributed by atoms with Crippen molar-refractivity contribution in [3.05, 3.63) is 70.0 Å². The topological polar surface area (TPSA) is 178 Å². The fourth-order valence-corrected chi connectivity index (χ4v) is 8.70. The Morgan fingerprint density at radius 3 is 2.39 bits per heavy atom. The zero-order valence-corrected chi connectivity index (χ0v) is 34.8. The molecule has 8 atom stereocenters. The summed E-state index contributed by atoms with van der Waals surface area (Å²) in [7, 11) is 1.83. The third kappa shape index (κ3) is 10.0. The summed E-state index contributed by atoms with van der Waals surface area (Å²) in [5, 5.41) is 8.60. The molecule has 0 saturated carbocycles. The lowest BCUT2D eigenvalue weighted by Gasteiger charge is -2.42. The average Bonchev–Trinajstić information content (AvgIpc) is 3.84. The van der Waals surface area contributed by atoms with Crippen molar-refractivity contribution in [1.82, 2.24) is 35.6 Å². The van der Waals surface area contributed by atoms with Crippen molar-refractivity contribution in [2.75, 3.05) is 39.8 Å². The van der Waals surface area contributed by atoms with Gasteiger partial charge >= 0.3 is 5.97 Å². The first-order valence-corrected chi connectivity index (χ1v) is 20.6. The Morgan fingerprint density at radius 1 is 0.915 bits per heavy atom. The van der Waals surface area contributed by atoms with Crippen LogP contribution in [0.25, 0.3) is 0 Å². The van der Waals surface area contributed by atoms with Crippen LogP contribution in [-0.4, -0.2) is 143 Å². The summed E-state index contributed by atoms with van der Waals surface area (Å²) in [5.74, 6) is -5.13. The number of nitrogens with zero attached hydrogens (tertiary/aromatic N) is 4. The van der Waals surface area contributed by atoms with Crippen LogP contribution in [0.5, 0.6) is 0 Å². The van der Waals surface area contributed by atoms with Gasteiger partial charge in [-0.2, -0.15) is 0 Å². The number of hydrogen-bond acceptors (Lipinski definition) is 9. The number of likely N-dealkylation sites (N-methyl/N-ethyl adjacent to an activating group) is 1. The molecule has 0 unspecified atom stereocenters. The number of benzene rings is 2. The standard InChI is InChI=1S/C42H53ClFN7O8/c1-23-11-12-28(30(44)16-23)20-35(52)46-31(19-27-8-6-9-29(43)18-27)37(53)47-36-26(4)59-42(58)33-17-24(2)21-51(33)39(55)25(3)45-38(54)34-22-48(5)14-15-50(34)40(56)32-10-7-13-49(32)41(36)57/h6,8-9,11-12,16,18,24-26,31-34,36H,7,10,13-15,17,19-22H2,1-5H3,(H,45,54)(H,46,52)(H,47,53)/t24-,25+,26+,31+,32+,33+,34+,36+/m1/s1. The third-order valence-corrected chi connectivity index (χ3v) is 11.9. The molecule has 318 valence electrons. The van der Waals surface area contributed by atoms with E-state index >= 15 is 0 Å². The molecule has 0 radical (unpaired) electrons. The molecule has 3 N–H and O–H groups in total. The van der Waals surface area contributed by atoms with Gasteiger partial charge in [0.25, 0.3) is 0 Å². The van der Waals surface area contributed by atoms with Crippen LogP contribution >= 0.6 is 11.6 Å². The number of carbonyl (C=O) groups excluding carboxylic acids is 7. The van der Waals surface area contributed by atoms with Crippen molar-refractivity contribution in [2.45, 2.75) is 102 Å². The highest BCUT2D eigenvalue weighted by Crippen LogP contribution is 2.28. The second kappa shape index (κ2) is 18.4. The minimum absolute atomic E-state index is 0.0729. The van der Waals surface area contributed by atoms with Crippen LogP contribution in [0.1, 0.15) is 56.7 Å². The van der Waals surface area contributed by atoms with Crippen LogP contribution in [-0.2, 0) is 51.1 Å². The fraction of sp³-hybridized carbons (Fsp3) is 0.548. The molecule has 0 aromatic heterocycles. The number of hydrogen-bond donors (Lipinski definition) is 3. The second-order valence-corrected chi connectivity index (χ2v) is 16.9. The zero-order chi connectivity index (χ0) is 42.7. The lowest BCUT2D eigenvalue weighted by molar-refractivity contribution is -0.163. The number of carbonyl (C=O) groups is 7. The number of esters is 1. The van der Waals surface area contributed by atoms with Crippen LogP contribution in [0.3, 0.4) is 0 Å². The van der Waals surface area contributed by atoms with Crippen molar-refractivity contribution in [3.8, 4) is 0 Å². The number of rotatable bonds is 7. The average molecular weight is 838 g/mol. The summed E-state index contributed by atoms with van der Waals surface area (Å²) in [6.45, 7) is 7.82. The molecule has 17 heteroatoms. The molecule has 0 spiro atoms. The van der Waals surface area contributed by atoms with Gasteiger partial charge < -0.3 is 40.3 Å². The first-order valence-electron chi connectivity index (χ1n) is 20.2. The van der Waals surface area contributed by atoms with Crippen molar-refractivity contribution in [3.63, 3.8) is 0 Å². The number of nitrogens with one attached hydrogen (secondary N) is 3. The van der Waals surface area contributed by atoms with E-state index in [0.29, 0.717) is 29.1 Å². The molecule has 4 saturated heterocycles. The Hall–Kier alpha value is -5.09. The van der Waals surface area contributed by atoms with Gasteiger partial charge in [0.05, 0.1) is 6.42 Å². The monoisotopic (exact) mass is 837 g/mol. The molecule has 4 fully saturated rings. The van der Waals surface area contributed by atoms with Gasteiger partial charge in [-0.1, -0.05) is 42.8 Å². The predicted molar refractivity (Wildman–Crippen MR) is 214 cm³/mol. The number of ether oxygens (including phenoxy) is 1. The maximum absolute atomic E-state index is 14.8. The van der Waals surface area contributed by atoms with E-state index in [2.05, 4.69) is 16.0 Å². The third-order valence-electron chi connectivity index (χ3n) is 11.7. The number of cyclic esters (lactones) is 1. The summed E-state index contributed by atoms with van der Waals surface area (Å²) in [6.07, 6.45) is -0.761. The van der Waals surface area contributed by atoms with Gasteiger partial charge in [-0.05, 0) is 87.9 Å². The maximum atomic E-state index is 14.8. The molecule has 2 aromatic rings. The quantitative estimate of drug-likeness (QED) is 0.348. The van der Waals surface area contributed by atoms with Gasteiger partial charge in [0.2, 0.25) is 35.4 Å². The Morgan fingerprint density at radius 2 is 1.66 bits per heavy atom. The highest BCUT2D eigenvalue weighted by atomic mass is 35.5. The summed E-state index contributed by atoms with van der Waals surface area (Å²) < 4.78 is 20.7. The Balaban J connectivity index is 1.34. The molecule has 4 aliphatic heterocycles. The van der Waals surface area contributed by atoms with Crippen molar-refractivity contribution in [1.29, 1.82) is 0 Å². The first kappa shape index (κ1) is 43.5. The van der Waals surface area contributed by atoms with E-state index in [1.165, 1.54) is 40.7 Å². The molecular formula is C42H53ClFN7O8. The SMILES string of the molecule is Cc1ccc(CC(=O)N[C@@H](Cc2cccc(Cl)c2)C(=O)N[C@@H]2C(=O)N3CCC[C@H]3C(=O)N3CCN(C)C[C@H]3C(=O)N[C@@H](C)C(=O)N3C[C@H](C)C[C@H]3C(=O)O[C@H]2C)c(F)c1. The van der Waals surface area contributed by atoms with Crippen LogP contribution in [0, 0.1) is 18.7 Å². The van der Waals surface area contributed by atoms with Gasteiger partial charge in [-0.3, -0.25) is 28.8 Å². The van der Waals surface area contributed by atoms with Crippen LogP contribution in [0.15, 0.2) is 42.5 Å². The Kier molecular flexibility index (Phi) is 13.6. The van der Waals surface area contributed by atoms with E-state index < -0.39 is 89.6 Å². The molecular weight excluding hydrogens is 785 g/mol. The van der Waals surface area contributed by atoms with Crippen molar-refractivity contribution in [2.24, 2.45) is 5.92 Å². The molecule has 6 amide bonds. The molecule has 15 nitrogen and oxygen atoms in total. The van der Waals surface area contributed by atoms with Crippen molar-refractivity contribution >= 4 is 53.0 Å². The van der Waals surface area contributed by atoms with Gasteiger partial charge in [-0.25, -0.2) is 9.18 Å². The van der Waals surface area contributed by atoms with Crippen LogP contribution in [0.2, 0.25) is 5.02 Å². The summed E-state index contributed by atoms with van der Waals surface area (Å²) >= 11 is 6.26. The second-order valence-electron chi connectivity index (χ2n) is 16.4. The zero-order valence-electron chi connectivity index (χ0n) is 34.0. The van der Waals surface area contributed by atoms with E-state index in [0.717, 1.165) is 0 Å². The summed E-state index contributed by atoms with van der Waals surface area (Å²) in [6, 6.07) is 4.27. The lowest BCUT2D eigenvalue weighted by atomic mass is 10.0. The van der Waals surface area contributed by atoms with Gasteiger partial charge in [0, 0.05) is 44.2 Å². The number of aryl methyl sites for hydroxylation is 1. The van der Waals surface area contributed by atoms with Gasteiger partial charge in [-0.15, -0.1) is 0 Å². The highest BCUT2D eigenvalue weighted by Gasteiger charge is 2.47. The van der Waals surface area contributed by atoms with Crippen LogP contribution in [0.4, 0.5) is 4.39 Å². The number of amides is 6. The lowest BCUT2D eigenvalue weighted by Crippen LogP contribution is -2.65. The summed E-state index contributed by atoms with van der Waals surface area (Å²) in [4.78, 5) is 105. The fourth-order valence-electron chi connectivity index (χ4n) is 8.48. The minimum atomic E-state index is -1.55. The molecule has 2 aromatic carbocycles. The van der Waals surface area contributed by atoms with Gasteiger partial charge in [0.15, 0.2) is 0 Å². The highest BCUT2D eigenvalue weighted by molar-refractivity contribution is 6.30. The van der Waals surface area contributed by atoms with Crippen molar-refractivity contribution < 1.29 is 42.7 Å². The Labute approximate surface area is 348 Å². The van der Waals surface area contributed by atoms with Crippen LogP contribution < -0.4 is 16.0 Å². The van der Waals surface area contributed by atoms with E-state index in [4.69, 9.17) is 16.3 Å². The molecule has 0 aliphatic carbocycles. The van der Waals surface area contributed by atoms with E-state index in [1.54, 1.807) is 37.3 Å². The largest absolute Gasteiger partial charge is 0.458 e. The maximum Gasteiger partial charge on any atom is 0.329 e. The normalized spacial score (nSPS) is 27.7. The molecule has 4 aliphatic rings. The molecule has 4 heterocycles. The molecule has 0 bridgehead atoms.